The standard InChI is InChI=1S/C9H6ClNOS/c10-8-3-4-11-9-2-1-6(13-12)5-7(8)9/h1-5,12H. The van der Waals surface area contributed by atoms with E-state index in [1.54, 1.807) is 18.3 Å². The second-order valence-electron chi connectivity index (χ2n) is 2.56. The van der Waals surface area contributed by atoms with Crippen molar-refractivity contribution in [2.24, 2.45) is 0 Å². The van der Waals surface area contributed by atoms with E-state index in [0.29, 0.717) is 17.1 Å². The van der Waals surface area contributed by atoms with E-state index >= 15 is 0 Å². The molecular weight excluding hydrogens is 206 g/mol. The normalized spacial score (nSPS) is 10.6. The number of hydrogen-bond donors (Lipinski definition) is 1. The number of aromatic nitrogens is 1. The third kappa shape index (κ3) is 1.63. The monoisotopic (exact) mass is 211 g/mol. The van der Waals surface area contributed by atoms with Gasteiger partial charge in [-0.05, 0) is 24.3 Å². The molecule has 0 amide bonds. The zero-order valence-corrected chi connectivity index (χ0v) is 8.14. The number of hydrogen-bond acceptors (Lipinski definition) is 3. The van der Waals surface area contributed by atoms with Gasteiger partial charge in [-0.15, -0.1) is 0 Å². The molecule has 0 aliphatic carbocycles. The van der Waals surface area contributed by atoms with Crippen molar-refractivity contribution in [2.75, 3.05) is 0 Å². The van der Waals surface area contributed by atoms with Gasteiger partial charge in [0.2, 0.25) is 0 Å². The molecule has 0 fully saturated rings. The van der Waals surface area contributed by atoms with E-state index in [1.807, 2.05) is 12.1 Å². The maximum Gasteiger partial charge on any atom is 0.0717 e. The lowest BCUT2D eigenvalue weighted by Crippen LogP contribution is -1.79. The zero-order valence-electron chi connectivity index (χ0n) is 6.57. The van der Waals surface area contributed by atoms with Crippen LogP contribution in [0.3, 0.4) is 0 Å². The van der Waals surface area contributed by atoms with Gasteiger partial charge in [-0.1, -0.05) is 11.6 Å². The fourth-order valence-electron chi connectivity index (χ4n) is 1.15. The lowest BCUT2D eigenvalue weighted by Gasteiger charge is -2.00. The van der Waals surface area contributed by atoms with Crippen LogP contribution in [0.15, 0.2) is 35.4 Å². The molecule has 1 aromatic heterocycles. The van der Waals surface area contributed by atoms with Crippen molar-refractivity contribution in [3.8, 4) is 0 Å². The van der Waals surface area contributed by atoms with E-state index in [1.165, 1.54) is 0 Å². The van der Waals surface area contributed by atoms with E-state index in [2.05, 4.69) is 4.98 Å². The fraction of sp³-hybridized carbons (Fsp3) is 0. The van der Waals surface area contributed by atoms with Crippen LogP contribution >= 0.6 is 23.6 Å². The summed E-state index contributed by atoms with van der Waals surface area (Å²) >= 11 is 6.66. The Labute approximate surface area is 84.8 Å². The number of nitrogens with zero attached hydrogens (tertiary/aromatic N) is 1. The van der Waals surface area contributed by atoms with Gasteiger partial charge in [-0.2, -0.15) is 0 Å². The van der Waals surface area contributed by atoms with Crippen LogP contribution in [-0.2, 0) is 0 Å². The molecule has 0 spiro atoms. The first-order chi connectivity index (χ1) is 6.31. The smallest absolute Gasteiger partial charge is 0.0717 e. The van der Waals surface area contributed by atoms with Crippen LogP contribution in [0.4, 0.5) is 0 Å². The Morgan fingerprint density at radius 1 is 1.31 bits per heavy atom. The van der Waals surface area contributed by atoms with Crippen molar-refractivity contribution in [1.29, 1.82) is 0 Å². The number of rotatable bonds is 1. The second-order valence-corrected chi connectivity index (χ2v) is 3.62. The van der Waals surface area contributed by atoms with E-state index in [0.717, 1.165) is 15.8 Å². The Morgan fingerprint density at radius 2 is 2.15 bits per heavy atom. The molecule has 66 valence electrons. The van der Waals surface area contributed by atoms with Crippen molar-refractivity contribution in [2.45, 2.75) is 4.90 Å². The molecule has 2 rings (SSSR count). The van der Waals surface area contributed by atoms with Gasteiger partial charge in [0.25, 0.3) is 0 Å². The number of halogens is 1. The summed E-state index contributed by atoms with van der Waals surface area (Å²) in [4.78, 5) is 4.91. The van der Waals surface area contributed by atoms with E-state index in [9.17, 15) is 0 Å². The minimum atomic E-state index is 0.654. The molecule has 0 unspecified atom stereocenters. The minimum absolute atomic E-state index is 0.654. The molecular formula is C9H6ClNOS. The molecule has 0 radical (unpaired) electrons. The molecule has 0 bridgehead atoms. The molecule has 0 saturated carbocycles. The first-order valence-corrected chi connectivity index (χ1v) is 4.82. The van der Waals surface area contributed by atoms with Gasteiger partial charge in [-0.25, -0.2) is 0 Å². The highest BCUT2D eigenvalue weighted by Gasteiger charge is 2.00. The Kier molecular flexibility index (Phi) is 2.40. The van der Waals surface area contributed by atoms with Crippen molar-refractivity contribution < 1.29 is 4.55 Å². The summed E-state index contributed by atoms with van der Waals surface area (Å²) < 4.78 is 8.84. The summed E-state index contributed by atoms with van der Waals surface area (Å²) in [7, 11) is 0. The molecule has 1 N–H and O–H groups in total. The Morgan fingerprint density at radius 3 is 2.92 bits per heavy atom. The second kappa shape index (κ2) is 3.54. The summed E-state index contributed by atoms with van der Waals surface area (Å²) in [5.41, 5.74) is 0.838. The third-order valence-corrected chi connectivity index (χ3v) is 2.56. The van der Waals surface area contributed by atoms with Gasteiger partial charge in [-0.3, -0.25) is 4.98 Å². The predicted molar refractivity (Wildman–Crippen MR) is 55.2 cm³/mol. The molecule has 0 saturated heterocycles. The molecule has 13 heavy (non-hydrogen) atoms. The third-order valence-electron chi connectivity index (χ3n) is 1.77. The van der Waals surface area contributed by atoms with Crippen LogP contribution in [0, 0.1) is 0 Å². The topological polar surface area (TPSA) is 33.1 Å². The molecule has 2 nitrogen and oxygen atoms in total. The van der Waals surface area contributed by atoms with Crippen LogP contribution in [-0.4, -0.2) is 9.54 Å². The van der Waals surface area contributed by atoms with Gasteiger partial charge in [0, 0.05) is 28.5 Å². The average molecular weight is 212 g/mol. The number of pyridine rings is 1. The lowest BCUT2D eigenvalue weighted by molar-refractivity contribution is 0.664. The first kappa shape index (κ1) is 8.81. The van der Waals surface area contributed by atoms with Gasteiger partial charge in [0.05, 0.1) is 10.5 Å². The quantitative estimate of drug-likeness (QED) is 0.734. The molecule has 1 heterocycles. The molecule has 4 heteroatoms. The van der Waals surface area contributed by atoms with Crippen molar-refractivity contribution >= 4 is 34.5 Å². The summed E-state index contributed by atoms with van der Waals surface area (Å²) in [5, 5.41) is 1.52. The minimum Gasteiger partial charge on any atom is -0.325 e. The van der Waals surface area contributed by atoms with Gasteiger partial charge >= 0.3 is 0 Å². The fourth-order valence-corrected chi connectivity index (χ4v) is 1.66. The van der Waals surface area contributed by atoms with Crippen LogP contribution in [0.25, 0.3) is 10.9 Å². The molecule has 2 aromatic rings. The Hall–Kier alpha value is -0.770. The Bertz CT molecular complexity index is 447. The summed E-state index contributed by atoms with van der Waals surface area (Å²) in [6.45, 7) is 0. The molecule has 1 aromatic carbocycles. The Balaban J connectivity index is 2.74. The lowest BCUT2D eigenvalue weighted by atomic mass is 10.2. The summed E-state index contributed by atoms with van der Waals surface area (Å²) in [6, 6.07) is 7.18. The maximum absolute atomic E-state index is 8.84. The predicted octanol–water partition coefficient (Wildman–Crippen LogP) is 3.45. The van der Waals surface area contributed by atoms with Crippen molar-refractivity contribution in [3.63, 3.8) is 0 Å². The van der Waals surface area contributed by atoms with Gasteiger partial charge in [0.15, 0.2) is 0 Å². The first-order valence-electron chi connectivity index (χ1n) is 3.67. The van der Waals surface area contributed by atoms with Gasteiger partial charge in [0.1, 0.15) is 0 Å². The average Bonchev–Trinajstić information content (AvgIpc) is 2.18. The zero-order chi connectivity index (χ0) is 9.26. The summed E-state index contributed by atoms with van der Waals surface area (Å²) in [5.74, 6) is 0. The summed E-state index contributed by atoms with van der Waals surface area (Å²) in [6.07, 6.45) is 1.66. The van der Waals surface area contributed by atoms with Crippen LogP contribution in [0.5, 0.6) is 0 Å². The van der Waals surface area contributed by atoms with Crippen LogP contribution in [0.1, 0.15) is 0 Å². The highest BCUT2D eigenvalue weighted by atomic mass is 35.5. The van der Waals surface area contributed by atoms with Crippen LogP contribution in [0.2, 0.25) is 5.02 Å². The number of fused-ring (bicyclic) bond motifs is 1. The van der Waals surface area contributed by atoms with Gasteiger partial charge < -0.3 is 4.55 Å². The molecule has 0 aliphatic rings. The maximum atomic E-state index is 8.84. The van der Waals surface area contributed by atoms with Crippen molar-refractivity contribution in [3.05, 3.63) is 35.5 Å². The molecule has 0 atom stereocenters. The van der Waals surface area contributed by atoms with Crippen molar-refractivity contribution in [1.82, 2.24) is 4.98 Å². The highest BCUT2D eigenvalue weighted by molar-refractivity contribution is 7.93. The van der Waals surface area contributed by atoms with Crippen LogP contribution < -0.4 is 0 Å². The largest absolute Gasteiger partial charge is 0.325 e. The SMILES string of the molecule is OSc1ccc2nccc(Cl)c2c1. The van der Waals surface area contributed by atoms with E-state index in [-0.39, 0.29) is 0 Å². The highest BCUT2D eigenvalue weighted by Crippen LogP contribution is 2.25. The number of benzene rings is 1. The van der Waals surface area contributed by atoms with E-state index in [4.69, 9.17) is 16.2 Å². The van der Waals surface area contributed by atoms with E-state index < -0.39 is 0 Å². The molecule has 0 aliphatic heterocycles.